The molecule has 1 aliphatic rings. The van der Waals surface area contributed by atoms with E-state index in [0.29, 0.717) is 11.5 Å². The summed E-state index contributed by atoms with van der Waals surface area (Å²) in [5, 5.41) is 0. The summed E-state index contributed by atoms with van der Waals surface area (Å²) in [6.45, 7) is 1.74. The Balaban J connectivity index is 2.11. The summed E-state index contributed by atoms with van der Waals surface area (Å²) in [4.78, 5) is 10.9. The van der Waals surface area contributed by atoms with Gasteiger partial charge in [-0.3, -0.25) is 0 Å². The van der Waals surface area contributed by atoms with Gasteiger partial charge in [0.15, 0.2) is 5.76 Å². The first-order valence-electron chi connectivity index (χ1n) is 5.01. The third-order valence-electron chi connectivity index (χ3n) is 2.30. The summed E-state index contributed by atoms with van der Waals surface area (Å²) in [7, 11) is 1.31. The molecule has 0 N–H and O–H groups in total. The molecule has 2 heterocycles. The molecule has 90 valence electrons. The standard InChI is InChI=1S/C12H12O5/c1-12(15-7-8-16-12)10-5-3-9(17-10)4-6-11(13)14-2/h3-8H,1-2H3/b6-4+. The second-order valence-electron chi connectivity index (χ2n) is 3.51. The number of carbonyl (C=O) groups excluding carboxylic acids is 1. The van der Waals surface area contributed by atoms with Crippen LogP contribution in [0.15, 0.2) is 35.2 Å². The Hall–Kier alpha value is -2.17. The van der Waals surface area contributed by atoms with E-state index in [0.717, 1.165) is 0 Å². The van der Waals surface area contributed by atoms with E-state index in [1.54, 1.807) is 19.1 Å². The van der Waals surface area contributed by atoms with Crippen molar-refractivity contribution in [1.29, 1.82) is 0 Å². The molecule has 2 rings (SSSR count). The fourth-order valence-electron chi connectivity index (χ4n) is 1.36. The SMILES string of the molecule is COC(=O)/C=C/c1ccc(C2(C)OC=CO2)o1. The Morgan fingerprint density at radius 2 is 2.06 bits per heavy atom. The smallest absolute Gasteiger partial charge is 0.330 e. The molecule has 0 aliphatic carbocycles. The summed E-state index contributed by atoms with van der Waals surface area (Å²) in [5.74, 6) is -0.334. The Labute approximate surface area is 98.3 Å². The van der Waals surface area contributed by atoms with Gasteiger partial charge in [-0.25, -0.2) is 4.79 Å². The topological polar surface area (TPSA) is 57.9 Å². The maximum absolute atomic E-state index is 10.9. The van der Waals surface area contributed by atoms with Crippen LogP contribution in [-0.2, 0) is 24.8 Å². The van der Waals surface area contributed by atoms with Gasteiger partial charge in [-0.1, -0.05) is 0 Å². The minimum absolute atomic E-state index is 0.441. The second kappa shape index (κ2) is 4.37. The van der Waals surface area contributed by atoms with E-state index in [1.807, 2.05) is 0 Å². The van der Waals surface area contributed by atoms with E-state index in [2.05, 4.69) is 4.74 Å². The predicted octanol–water partition coefficient (Wildman–Crippen LogP) is 2.16. The van der Waals surface area contributed by atoms with Crippen molar-refractivity contribution in [1.82, 2.24) is 0 Å². The Morgan fingerprint density at radius 3 is 2.71 bits per heavy atom. The first-order chi connectivity index (χ1) is 8.14. The third kappa shape index (κ3) is 2.33. The highest BCUT2D eigenvalue weighted by molar-refractivity contribution is 5.86. The van der Waals surface area contributed by atoms with Crippen molar-refractivity contribution in [2.24, 2.45) is 0 Å². The fourth-order valence-corrected chi connectivity index (χ4v) is 1.36. The number of furan rings is 1. The summed E-state index contributed by atoms with van der Waals surface area (Å²) < 4.78 is 20.5. The van der Waals surface area contributed by atoms with Crippen molar-refractivity contribution in [3.8, 4) is 0 Å². The van der Waals surface area contributed by atoms with Crippen LogP contribution >= 0.6 is 0 Å². The van der Waals surface area contributed by atoms with Gasteiger partial charge in [-0.05, 0) is 18.2 Å². The van der Waals surface area contributed by atoms with Gasteiger partial charge in [-0.15, -0.1) is 0 Å². The number of rotatable bonds is 3. The fraction of sp³-hybridized carbons (Fsp3) is 0.250. The lowest BCUT2D eigenvalue weighted by Crippen LogP contribution is -2.21. The number of carbonyl (C=O) groups is 1. The average Bonchev–Trinajstić information content (AvgIpc) is 2.95. The van der Waals surface area contributed by atoms with Gasteiger partial charge in [0.1, 0.15) is 18.3 Å². The van der Waals surface area contributed by atoms with Crippen molar-refractivity contribution in [2.75, 3.05) is 7.11 Å². The highest BCUT2D eigenvalue weighted by Crippen LogP contribution is 2.32. The molecule has 0 fully saturated rings. The number of esters is 1. The van der Waals surface area contributed by atoms with Crippen molar-refractivity contribution in [2.45, 2.75) is 12.7 Å². The summed E-state index contributed by atoms with van der Waals surface area (Å²) >= 11 is 0. The van der Waals surface area contributed by atoms with Crippen LogP contribution in [0.4, 0.5) is 0 Å². The molecule has 17 heavy (non-hydrogen) atoms. The zero-order valence-corrected chi connectivity index (χ0v) is 9.51. The van der Waals surface area contributed by atoms with Gasteiger partial charge in [0, 0.05) is 13.0 Å². The van der Waals surface area contributed by atoms with Crippen molar-refractivity contribution in [3.63, 3.8) is 0 Å². The molecule has 1 aromatic rings. The molecule has 0 saturated carbocycles. The molecular formula is C12H12O5. The monoisotopic (exact) mass is 236 g/mol. The van der Waals surface area contributed by atoms with E-state index in [4.69, 9.17) is 13.9 Å². The molecule has 0 amide bonds. The molecule has 5 nitrogen and oxygen atoms in total. The minimum atomic E-state index is -0.933. The summed E-state index contributed by atoms with van der Waals surface area (Å²) in [6.07, 6.45) is 5.69. The van der Waals surface area contributed by atoms with Crippen LogP contribution < -0.4 is 0 Å². The van der Waals surface area contributed by atoms with Gasteiger partial charge in [0.25, 0.3) is 0 Å². The Kier molecular flexibility index (Phi) is 2.91. The molecule has 0 saturated heterocycles. The third-order valence-corrected chi connectivity index (χ3v) is 2.30. The van der Waals surface area contributed by atoms with E-state index in [9.17, 15) is 4.79 Å². The van der Waals surface area contributed by atoms with E-state index in [-0.39, 0.29) is 0 Å². The van der Waals surface area contributed by atoms with E-state index < -0.39 is 11.8 Å². The van der Waals surface area contributed by atoms with Crippen molar-refractivity contribution in [3.05, 3.63) is 42.3 Å². The zero-order valence-electron chi connectivity index (χ0n) is 9.51. The van der Waals surface area contributed by atoms with Gasteiger partial charge in [-0.2, -0.15) is 0 Å². The lowest BCUT2D eigenvalue weighted by molar-refractivity contribution is -0.147. The van der Waals surface area contributed by atoms with Crippen LogP contribution in [0, 0.1) is 0 Å². The van der Waals surface area contributed by atoms with Gasteiger partial charge < -0.3 is 18.6 Å². The minimum Gasteiger partial charge on any atom is -0.466 e. The van der Waals surface area contributed by atoms with Crippen LogP contribution in [0.5, 0.6) is 0 Å². The average molecular weight is 236 g/mol. The van der Waals surface area contributed by atoms with Crippen LogP contribution in [0.3, 0.4) is 0 Å². The maximum Gasteiger partial charge on any atom is 0.330 e. The highest BCUT2D eigenvalue weighted by Gasteiger charge is 2.35. The van der Waals surface area contributed by atoms with Gasteiger partial charge in [0.2, 0.25) is 0 Å². The quantitative estimate of drug-likeness (QED) is 0.594. The summed E-state index contributed by atoms with van der Waals surface area (Å²) in [6, 6.07) is 3.44. The van der Waals surface area contributed by atoms with Crippen LogP contribution in [0.2, 0.25) is 0 Å². The van der Waals surface area contributed by atoms with Crippen LogP contribution in [0.25, 0.3) is 6.08 Å². The number of hydrogen-bond donors (Lipinski definition) is 0. The maximum atomic E-state index is 10.9. The molecule has 0 bridgehead atoms. The molecule has 5 heteroatoms. The number of methoxy groups -OCH3 is 1. The van der Waals surface area contributed by atoms with Gasteiger partial charge in [0.05, 0.1) is 7.11 Å². The normalized spacial score (nSPS) is 16.8. The molecule has 1 aromatic heterocycles. The first kappa shape index (κ1) is 11.3. The predicted molar refractivity (Wildman–Crippen MR) is 58.4 cm³/mol. The first-order valence-corrected chi connectivity index (χ1v) is 5.01. The lowest BCUT2D eigenvalue weighted by atomic mass is 10.2. The molecule has 0 spiro atoms. The van der Waals surface area contributed by atoms with E-state index in [1.165, 1.54) is 31.8 Å². The zero-order chi connectivity index (χ0) is 12.3. The second-order valence-corrected chi connectivity index (χ2v) is 3.51. The van der Waals surface area contributed by atoms with Crippen LogP contribution in [0.1, 0.15) is 18.4 Å². The van der Waals surface area contributed by atoms with Crippen LogP contribution in [-0.4, -0.2) is 13.1 Å². The molecular weight excluding hydrogens is 224 g/mol. The Bertz CT molecular complexity index is 461. The van der Waals surface area contributed by atoms with E-state index >= 15 is 0 Å². The number of hydrogen-bond acceptors (Lipinski definition) is 5. The lowest BCUT2D eigenvalue weighted by Gasteiger charge is -2.19. The van der Waals surface area contributed by atoms with Crippen molar-refractivity contribution >= 4 is 12.0 Å². The summed E-state index contributed by atoms with van der Waals surface area (Å²) in [5.41, 5.74) is 0. The molecule has 0 atom stereocenters. The van der Waals surface area contributed by atoms with Crippen molar-refractivity contribution < 1.29 is 23.4 Å². The molecule has 0 unspecified atom stereocenters. The molecule has 1 aliphatic heterocycles. The Morgan fingerprint density at radius 1 is 1.35 bits per heavy atom. The van der Waals surface area contributed by atoms with Gasteiger partial charge >= 0.3 is 11.8 Å². The number of ether oxygens (including phenoxy) is 3. The molecule has 0 radical (unpaired) electrons. The highest BCUT2D eigenvalue weighted by atomic mass is 16.7. The largest absolute Gasteiger partial charge is 0.466 e. The molecule has 0 aromatic carbocycles.